The highest BCUT2D eigenvalue weighted by molar-refractivity contribution is 7.99. The van der Waals surface area contributed by atoms with Gasteiger partial charge in [-0.25, -0.2) is 0 Å². The number of amides is 1. The zero-order valence-electron chi connectivity index (χ0n) is 9.61. The number of benzene rings is 1. The van der Waals surface area contributed by atoms with Crippen LogP contribution in [0.25, 0.3) is 0 Å². The van der Waals surface area contributed by atoms with Gasteiger partial charge >= 0.3 is 0 Å². The molecule has 0 radical (unpaired) electrons. The summed E-state index contributed by atoms with van der Waals surface area (Å²) >= 11 is 1.64. The SMILES string of the molecule is C#CCSCCNC(=O)CNc1ccccc1. The highest BCUT2D eigenvalue weighted by atomic mass is 32.2. The second-order valence-corrected chi connectivity index (χ2v) is 4.43. The van der Waals surface area contributed by atoms with Crippen molar-refractivity contribution in [1.29, 1.82) is 0 Å². The third-order valence-corrected chi connectivity index (χ3v) is 2.84. The fraction of sp³-hybridized carbons (Fsp3) is 0.308. The summed E-state index contributed by atoms with van der Waals surface area (Å²) in [5.74, 6) is 4.08. The molecule has 0 bridgehead atoms. The zero-order valence-corrected chi connectivity index (χ0v) is 10.4. The summed E-state index contributed by atoms with van der Waals surface area (Å²) in [7, 11) is 0. The fourth-order valence-electron chi connectivity index (χ4n) is 1.19. The third kappa shape index (κ3) is 6.54. The van der Waals surface area contributed by atoms with Crippen molar-refractivity contribution >= 4 is 23.4 Å². The van der Waals surface area contributed by atoms with E-state index < -0.39 is 0 Å². The maximum atomic E-state index is 11.4. The first-order chi connectivity index (χ1) is 8.33. The predicted octanol–water partition coefficient (Wildman–Crippen LogP) is 1.58. The molecule has 17 heavy (non-hydrogen) atoms. The summed E-state index contributed by atoms with van der Waals surface area (Å²) in [6.45, 7) is 0.950. The minimum atomic E-state index is -0.00448. The zero-order chi connectivity index (χ0) is 12.3. The van der Waals surface area contributed by atoms with Crippen LogP contribution in [0, 0.1) is 12.3 Å². The molecule has 4 heteroatoms. The Labute approximate surface area is 106 Å². The summed E-state index contributed by atoms with van der Waals surface area (Å²) in [6, 6.07) is 9.65. The topological polar surface area (TPSA) is 41.1 Å². The van der Waals surface area contributed by atoms with Gasteiger partial charge in [-0.1, -0.05) is 24.1 Å². The molecule has 0 aliphatic heterocycles. The van der Waals surface area contributed by atoms with Crippen LogP contribution in [0.1, 0.15) is 0 Å². The first-order valence-electron chi connectivity index (χ1n) is 5.40. The van der Waals surface area contributed by atoms with Gasteiger partial charge in [0.1, 0.15) is 0 Å². The van der Waals surface area contributed by atoms with E-state index in [0.717, 1.165) is 11.4 Å². The summed E-state index contributed by atoms with van der Waals surface area (Å²) in [5.41, 5.74) is 0.948. The van der Waals surface area contributed by atoms with Gasteiger partial charge in [0, 0.05) is 18.0 Å². The van der Waals surface area contributed by atoms with Crippen LogP contribution in [0.2, 0.25) is 0 Å². The monoisotopic (exact) mass is 248 g/mol. The summed E-state index contributed by atoms with van der Waals surface area (Å²) < 4.78 is 0. The number of nitrogens with one attached hydrogen (secondary N) is 2. The molecular weight excluding hydrogens is 232 g/mol. The van der Waals surface area contributed by atoms with Crippen molar-refractivity contribution in [3.05, 3.63) is 30.3 Å². The smallest absolute Gasteiger partial charge is 0.239 e. The Morgan fingerprint density at radius 3 is 2.82 bits per heavy atom. The highest BCUT2D eigenvalue weighted by Crippen LogP contribution is 2.03. The van der Waals surface area contributed by atoms with Gasteiger partial charge in [-0.15, -0.1) is 18.2 Å². The molecule has 1 amide bonds. The lowest BCUT2D eigenvalue weighted by Gasteiger charge is -2.07. The van der Waals surface area contributed by atoms with Crippen molar-refractivity contribution < 1.29 is 4.79 Å². The molecule has 0 saturated heterocycles. The van der Waals surface area contributed by atoms with Gasteiger partial charge in [-0.05, 0) is 12.1 Å². The Morgan fingerprint density at radius 1 is 1.35 bits per heavy atom. The van der Waals surface area contributed by atoms with Crippen molar-refractivity contribution in [2.24, 2.45) is 0 Å². The Hall–Kier alpha value is -1.60. The number of para-hydroxylation sites is 1. The second kappa shape index (κ2) is 8.54. The van der Waals surface area contributed by atoms with E-state index in [1.165, 1.54) is 0 Å². The first-order valence-corrected chi connectivity index (χ1v) is 6.55. The van der Waals surface area contributed by atoms with E-state index in [4.69, 9.17) is 6.42 Å². The third-order valence-electron chi connectivity index (χ3n) is 1.98. The Balaban J connectivity index is 2.08. The maximum Gasteiger partial charge on any atom is 0.239 e. The number of terminal acetylenes is 1. The fourth-order valence-corrected chi connectivity index (χ4v) is 1.70. The molecule has 0 unspecified atom stereocenters. The molecule has 1 aromatic rings. The van der Waals surface area contributed by atoms with E-state index in [2.05, 4.69) is 16.6 Å². The van der Waals surface area contributed by atoms with Gasteiger partial charge in [0.15, 0.2) is 0 Å². The van der Waals surface area contributed by atoms with Crippen molar-refractivity contribution in [2.75, 3.05) is 29.9 Å². The highest BCUT2D eigenvalue weighted by Gasteiger charge is 1.99. The van der Waals surface area contributed by atoms with Crippen LogP contribution in [0.5, 0.6) is 0 Å². The number of hydrogen-bond acceptors (Lipinski definition) is 3. The lowest BCUT2D eigenvalue weighted by atomic mass is 10.3. The number of hydrogen-bond donors (Lipinski definition) is 2. The molecule has 0 fully saturated rings. The number of anilines is 1. The van der Waals surface area contributed by atoms with Crippen molar-refractivity contribution in [3.63, 3.8) is 0 Å². The summed E-state index contributed by atoms with van der Waals surface area (Å²) in [4.78, 5) is 11.4. The Morgan fingerprint density at radius 2 is 2.12 bits per heavy atom. The molecule has 1 aromatic carbocycles. The molecule has 0 saturated carbocycles. The largest absolute Gasteiger partial charge is 0.376 e. The molecule has 0 atom stereocenters. The van der Waals surface area contributed by atoms with Gasteiger partial charge < -0.3 is 10.6 Å². The van der Waals surface area contributed by atoms with Gasteiger partial charge in [0.2, 0.25) is 5.91 Å². The van der Waals surface area contributed by atoms with Crippen LogP contribution in [0.4, 0.5) is 5.69 Å². The Bertz CT molecular complexity index is 373. The molecule has 2 N–H and O–H groups in total. The molecule has 3 nitrogen and oxygen atoms in total. The Kier molecular flexibility index (Phi) is 6.76. The minimum absolute atomic E-state index is 0.00448. The van der Waals surface area contributed by atoms with Crippen molar-refractivity contribution in [1.82, 2.24) is 5.32 Å². The first kappa shape index (κ1) is 13.5. The van der Waals surface area contributed by atoms with Crippen molar-refractivity contribution in [2.45, 2.75) is 0 Å². The molecule has 0 aromatic heterocycles. The van der Waals surface area contributed by atoms with Crippen molar-refractivity contribution in [3.8, 4) is 12.3 Å². The molecular formula is C13H16N2OS. The summed E-state index contributed by atoms with van der Waals surface area (Å²) in [5, 5.41) is 5.87. The molecule has 90 valence electrons. The van der Waals surface area contributed by atoms with E-state index >= 15 is 0 Å². The lowest BCUT2D eigenvalue weighted by molar-refractivity contribution is -0.119. The normalized spacial score (nSPS) is 9.35. The quantitative estimate of drug-likeness (QED) is 0.568. The number of carbonyl (C=O) groups excluding carboxylic acids is 1. The van der Waals surface area contributed by atoms with Crippen LogP contribution in [0.15, 0.2) is 30.3 Å². The van der Waals surface area contributed by atoms with Gasteiger partial charge in [0.25, 0.3) is 0 Å². The van der Waals surface area contributed by atoms with Crippen LogP contribution in [-0.4, -0.2) is 30.5 Å². The number of thioether (sulfide) groups is 1. The van der Waals surface area contributed by atoms with E-state index in [-0.39, 0.29) is 5.91 Å². The molecule has 0 aliphatic rings. The molecule has 0 spiro atoms. The van der Waals surface area contributed by atoms with Gasteiger partial charge in [-0.2, -0.15) is 0 Å². The van der Waals surface area contributed by atoms with Crippen LogP contribution in [-0.2, 0) is 4.79 Å². The number of carbonyl (C=O) groups is 1. The molecule has 0 aliphatic carbocycles. The van der Waals surface area contributed by atoms with Crippen LogP contribution in [0.3, 0.4) is 0 Å². The second-order valence-electron chi connectivity index (χ2n) is 3.33. The maximum absolute atomic E-state index is 11.4. The van der Waals surface area contributed by atoms with E-state index in [0.29, 0.717) is 18.8 Å². The average Bonchev–Trinajstić information content (AvgIpc) is 2.37. The van der Waals surface area contributed by atoms with Gasteiger partial charge in [0.05, 0.1) is 12.3 Å². The number of rotatable bonds is 7. The van der Waals surface area contributed by atoms with E-state index in [1.807, 2.05) is 30.3 Å². The van der Waals surface area contributed by atoms with E-state index in [9.17, 15) is 4.79 Å². The van der Waals surface area contributed by atoms with E-state index in [1.54, 1.807) is 11.8 Å². The summed E-state index contributed by atoms with van der Waals surface area (Å²) in [6.07, 6.45) is 5.11. The van der Waals surface area contributed by atoms with Gasteiger partial charge in [-0.3, -0.25) is 4.79 Å². The van der Waals surface area contributed by atoms with Crippen LogP contribution < -0.4 is 10.6 Å². The standard InChI is InChI=1S/C13H16N2OS/c1-2-9-17-10-8-14-13(16)11-15-12-6-4-3-5-7-12/h1,3-7,15H,8-11H2,(H,14,16). The predicted molar refractivity (Wildman–Crippen MR) is 74.1 cm³/mol. The average molecular weight is 248 g/mol. The van der Waals surface area contributed by atoms with Crippen LogP contribution >= 0.6 is 11.8 Å². The lowest BCUT2D eigenvalue weighted by Crippen LogP contribution is -2.31. The molecule has 0 heterocycles. The minimum Gasteiger partial charge on any atom is -0.376 e. The molecule has 1 rings (SSSR count).